The van der Waals surface area contributed by atoms with Gasteiger partial charge in [-0.2, -0.15) is 0 Å². The molecule has 0 saturated carbocycles. The molecular weight excluding hydrogens is 278 g/mol. The summed E-state index contributed by atoms with van der Waals surface area (Å²) in [6, 6.07) is 0.600. The lowest BCUT2D eigenvalue weighted by Gasteiger charge is -2.36. The van der Waals surface area contributed by atoms with E-state index in [2.05, 4.69) is 6.08 Å². The van der Waals surface area contributed by atoms with E-state index in [1.165, 1.54) is 19.3 Å². The molecule has 4 heteroatoms. The normalized spacial score (nSPS) is 29.4. The van der Waals surface area contributed by atoms with Gasteiger partial charge in [-0.15, -0.1) is 0 Å². The summed E-state index contributed by atoms with van der Waals surface area (Å²) in [7, 11) is 0. The number of hydrogen-bond donors (Lipinski definition) is 0. The van der Waals surface area contributed by atoms with Crippen LogP contribution in [0.2, 0.25) is 0 Å². The maximum atomic E-state index is 12.4. The van der Waals surface area contributed by atoms with Crippen molar-refractivity contribution in [2.45, 2.75) is 77.0 Å². The van der Waals surface area contributed by atoms with Crippen LogP contribution in [0.3, 0.4) is 0 Å². The number of amides is 1. The largest absolute Gasteiger partial charge is 0.444 e. The van der Waals surface area contributed by atoms with Crippen molar-refractivity contribution in [1.29, 1.82) is 0 Å². The predicted molar refractivity (Wildman–Crippen MR) is 85.7 cm³/mol. The molecule has 3 aliphatic rings. The highest BCUT2D eigenvalue weighted by Gasteiger charge is 2.41. The molecule has 3 aliphatic heterocycles. The molecule has 0 spiro atoms. The molecule has 2 saturated heterocycles. The second-order valence-electron chi connectivity index (χ2n) is 7.98. The van der Waals surface area contributed by atoms with Crippen LogP contribution in [0.4, 0.5) is 4.79 Å². The number of rotatable bonds is 2. The molecule has 2 bridgehead atoms. The van der Waals surface area contributed by atoms with Crippen LogP contribution in [-0.2, 0) is 9.47 Å². The third-order valence-corrected chi connectivity index (χ3v) is 4.97. The van der Waals surface area contributed by atoms with Crippen molar-refractivity contribution in [1.82, 2.24) is 4.90 Å². The van der Waals surface area contributed by atoms with Gasteiger partial charge in [0.15, 0.2) is 0 Å². The van der Waals surface area contributed by atoms with E-state index in [4.69, 9.17) is 9.47 Å². The second-order valence-corrected chi connectivity index (χ2v) is 7.98. The van der Waals surface area contributed by atoms with Crippen molar-refractivity contribution in [3.63, 3.8) is 0 Å². The first kappa shape index (κ1) is 15.9. The minimum absolute atomic E-state index is 0.138. The molecule has 0 aliphatic carbocycles. The van der Waals surface area contributed by atoms with Crippen molar-refractivity contribution in [3.8, 4) is 0 Å². The molecule has 22 heavy (non-hydrogen) atoms. The lowest BCUT2D eigenvalue weighted by atomic mass is 9.88. The van der Waals surface area contributed by atoms with Gasteiger partial charge in [-0.1, -0.05) is 11.6 Å². The van der Waals surface area contributed by atoms with Crippen LogP contribution in [0, 0.1) is 5.92 Å². The monoisotopic (exact) mass is 307 g/mol. The van der Waals surface area contributed by atoms with Crippen LogP contribution in [-0.4, -0.2) is 41.9 Å². The first-order valence-corrected chi connectivity index (χ1v) is 8.71. The highest BCUT2D eigenvalue weighted by atomic mass is 16.6. The summed E-state index contributed by atoms with van der Waals surface area (Å²) < 4.78 is 11.0. The van der Waals surface area contributed by atoms with Crippen LogP contribution >= 0.6 is 0 Å². The standard InChI is InChI=1S/C18H29NO3/c1-18(2,3)22-17(20)19-15-4-5-16(19)12-14(11-15)10-13-6-8-21-9-7-13/h11,13,15-16H,4-10,12H2,1-3H3. The lowest BCUT2D eigenvalue weighted by Crippen LogP contribution is -2.45. The molecule has 0 aromatic carbocycles. The fraction of sp³-hybridized carbons (Fsp3) is 0.833. The van der Waals surface area contributed by atoms with Crippen molar-refractivity contribution >= 4 is 6.09 Å². The fourth-order valence-electron chi connectivity index (χ4n) is 3.99. The van der Waals surface area contributed by atoms with Gasteiger partial charge in [-0.3, -0.25) is 4.90 Å². The summed E-state index contributed by atoms with van der Waals surface area (Å²) in [6.45, 7) is 7.62. The molecule has 2 fully saturated rings. The Morgan fingerprint density at radius 1 is 1.27 bits per heavy atom. The third-order valence-electron chi connectivity index (χ3n) is 4.97. The zero-order valence-corrected chi connectivity index (χ0v) is 14.1. The van der Waals surface area contributed by atoms with Gasteiger partial charge >= 0.3 is 6.09 Å². The number of carbonyl (C=O) groups is 1. The smallest absolute Gasteiger partial charge is 0.411 e. The van der Waals surface area contributed by atoms with Gasteiger partial charge in [-0.05, 0) is 65.2 Å². The van der Waals surface area contributed by atoms with Crippen molar-refractivity contribution in [2.75, 3.05) is 13.2 Å². The van der Waals surface area contributed by atoms with Gasteiger partial charge in [0.1, 0.15) is 5.60 Å². The minimum Gasteiger partial charge on any atom is -0.444 e. The first-order valence-electron chi connectivity index (χ1n) is 8.71. The quantitative estimate of drug-likeness (QED) is 0.726. The van der Waals surface area contributed by atoms with Crippen molar-refractivity contribution < 1.29 is 14.3 Å². The van der Waals surface area contributed by atoms with Gasteiger partial charge < -0.3 is 9.47 Å². The molecule has 0 aromatic heterocycles. The molecule has 4 nitrogen and oxygen atoms in total. The van der Waals surface area contributed by atoms with Gasteiger partial charge in [-0.25, -0.2) is 4.79 Å². The van der Waals surface area contributed by atoms with E-state index in [-0.39, 0.29) is 12.1 Å². The van der Waals surface area contributed by atoms with E-state index in [9.17, 15) is 4.79 Å². The molecule has 2 atom stereocenters. The fourth-order valence-corrected chi connectivity index (χ4v) is 3.99. The average Bonchev–Trinajstić information content (AvgIpc) is 2.70. The molecule has 2 unspecified atom stereocenters. The minimum atomic E-state index is -0.414. The lowest BCUT2D eigenvalue weighted by molar-refractivity contribution is 0.0163. The molecule has 1 amide bonds. The Hall–Kier alpha value is -1.03. The Balaban J connectivity index is 1.62. The summed E-state index contributed by atoms with van der Waals surface area (Å²) in [4.78, 5) is 14.4. The van der Waals surface area contributed by atoms with E-state index in [0.29, 0.717) is 6.04 Å². The van der Waals surface area contributed by atoms with Crippen LogP contribution in [0.25, 0.3) is 0 Å². The van der Waals surface area contributed by atoms with Crippen LogP contribution in [0.1, 0.15) is 59.3 Å². The van der Waals surface area contributed by atoms with E-state index in [1.807, 2.05) is 25.7 Å². The topological polar surface area (TPSA) is 38.8 Å². The van der Waals surface area contributed by atoms with E-state index < -0.39 is 5.60 Å². The predicted octanol–water partition coefficient (Wildman–Crippen LogP) is 3.90. The van der Waals surface area contributed by atoms with Gasteiger partial charge in [0.05, 0.1) is 6.04 Å². The maximum absolute atomic E-state index is 12.4. The Kier molecular flexibility index (Phi) is 4.49. The van der Waals surface area contributed by atoms with Gasteiger partial charge in [0.2, 0.25) is 0 Å². The van der Waals surface area contributed by atoms with Crippen LogP contribution < -0.4 is 0 Å². The molecule has 0 radical (unpaired) electrons. The zero-order valence-electron chi connectivity index (χ0n) is 14.1. The van der Waals surface area contributed by atoms with Crippen LogP contribution in [0.5, 0.6) is 0 Å². The van der Waals surface area contributed by atoms with Gasteiger partial charge in [0, 0.05) is 19.3 Å². The maximum Gasteiger partial charge on any atom is 0.411 e. The number of carbonyl (C=O) groups excluding carboxylic acids is 1. The zero-order chi connectivity index (χ0) is 15.7. The Bertz CT molecular complexity index is 446. The molecule has 124 valence electrons. The van der Waals surface area contributed by atoms with E-state index >= 15 is 0 Å². The summed E-state index contributed by atoms with van der Waals surface area (Å²) >= 11 is 0. The van der Waals surface area contributed by atoms with E-state index in [1.54, 1.807) is 5.57 Å². The summed E-state index contributed by atoms with van der Waals surface area (Å²) in [5, 5.41) is 0. The Labute approximate surface area is 133 Å². The van der Waals surface area contributed by atoms with Crippen LogP contribution in [0.15, 0.2) is 11.6 Å². The third kappa shape index (κ3) is 3.65. The first-order chi connectivity index (χ1) is 10.4. The Morgan fingerprint density at radius 2 is 2.00 bits per heavy atom. The Morgan fingerprint density at radius 3 is 2.64 bits per heavy atom. The van der Waals surface area contributed by atoms with Gasteiger partial charge in [0.25, 0.3) is 0 Å². The molecule has 0 aromatic rings. The highest BCUT2D eigenvalue weighted by Crippen LogP contribution is 2.38. The van der Waals surface area contributed by atoms with Crippen molar-refractivity contribution in [2.24, 2.45) is 5.92 Å². The summed E-state index contributed by atoms with van der Waals surface area (Å²) in [6.07, 6.45) is 9.00. The molecule has 3 heterocycles. The number of fused-ring (bicyclic) bond motifs is 2. The highest BCUT2D eigenvalue weighted by molar-refractivity contribution is 5.70. The number of ether oxygens (including phenoxy) is 2. The molecule has 3 rings (SSSR count). The molecule has 0 N–H and O–H groups in total. The molecular formula is C18H29NO3. The average molecular weight is 307 g/mol. The second kappa shape index (κ2) is 6.23. The summed E-state index contributed by atoms with van der Waals surface area (Å²) in [5.74, 6) is 0.771. The number of nitrogens with zero attached hydrogens (tertiary/aromatic N) is 1. The van der Waals surface area contributed by atoms with E-state index in [0.717, 1.165) is 38.4 Å². The number of hydrogen-bond acceptors (Lipinski definition) is 3. The SMILES string of the molecule is CC(C)(C)OC(=O)N1C2C=C(CC3CCOCC3)CC1CC2. The van der Waals surface area contributed by atoms with Crippen molar-refractivity contribution in [3.05, 3.63) is 11.6 Å². The summed E-state index contributed by atoms with van der Waals surface area (Å²) in [5.41, 5.74) is 1.14.